The molecule has 144 valence electrons. The first-order valence-corrected chi connectivity index (χ1v) is 10.1. The molecule has 2 unspecified atom stereocenters. The Balaban J connectivity index is 1.22. The molecule has 3 aliphatic rings. The smallest absolute Gasteiger partial charge is 0.209 e. The fourth-order valence-corrected chi connectivity index (χ4v) is 5.29. The number of rotatable bonds is 4. The van der Waals surface area contributed by atoms with Crippen molar-refractivity contribution in [2.45, 2.75) is 38.0 Å². The Hall–Kier alpha value is -1.70. The first kappa shape index (κ1) is 17.4. The van der Waals surface area contributed by atoms with Gasteiger partial charge in [0.25, 0.3) is 0 Å². The fourth-order valence-electron chi connectivity index (χ4n) is 5.10. The lowest BCUT2D eigenvalue weighted by molar-refractivity contribution is -0.134. The number of hydrogen-bond acceptors (Lipinski definition) is 5. The number of piperidine rings is 1. The summed E-state index contributed by atoms with van der Waals surface area (Å²) in [6.45, 7) is 5.00. The summed E-state index contributed by atoms with van der Waals surface area (Å²) < 4.78 is 8.45. The van der Waals surface area contributed by atoms with Crippen LogP contribution in [0.3, 0.4) is 0 Å². The van der Waals surface area contributed by atoms with E-state index in [1.54, 1.807) is 0 Å². The van der Waals surface area contributed by atoms with E-state index in [1.165, 1.54) is 19.2 Å². The van der Waals surface area contributed by atoms with Gasteiger partial charge in [0.15, 0.2) is 0 Å². The predicted octanol–water partition coefficient (Wildman–Crippen LogP) is 2.32. The summed E-state index contributed by atoms with van der Waals surface area (Å²) >= 11 is 6.16. The van der Waals surface area contributed by atoms with Crippen LogP contribution in [0.5, 0.6) is 0 Å². The lowest BCUT2D eigenvalue weighted by Gasteiger charge is -2.53. The molecule has 2 aromatic heterocycles. The molecule has 1 amide bonds. The van der Waals surface area contributed by atoms with Crippen LogP contribution in [-0.4, -0.2) is 69.6 Å². The quantitative estimate of drug-likeness (QED) is 0.593. The Morgan fingerprint density at radius 2 is 2.19 bits per heavy atom. The van der Waals surface area contributed by atoms with Crippen molar-refractivity contribution in [2.75, 3.05) is 32.7 Å². The zero-order chi connectivity index (χ0) is 18.4. The van der Waals surface area contributed by atoms with Crippen LogP contribution in [0.1, 0.15) is 31.9 Å². The molecule has 5 heterocycles. The van der Waals surface area contributed by atoms with Crippen molar-refractivity contribution in [1.29, 1.82) is 0 Å². The summed E-state index contributed by atoms with van der Waals surface area (Å²) in [5, 5.41) is 1.35. The van der Waals surface area contributed by atoms with Crippen LogP contribution in [0.4, 0.5) is 0 Å². The second-order valence-electron chi connectivity index (χ2n) is 8.26. The van der Waals surface area contributed by atoms with Crippen LogP contribution >= 0.6 is 11.6 Å². The van der Waals surface area contributed by atoms with Gasteiger partial charge in [-0.15, -0.1) is 0 Å². The van der Waals surface area contributed by atoms with E-state index < -0.39 is 0 Å². The third-order valence-corrected chi connectivity index (χ3v) is 6.59. The average molecular weight is 390 g/mol. The number of amides is 1. The summed E-state index contributed by atoms with van der Waals surface area (Å²) in [4.78, 5) is 23.8. The Kier molecular flexibility index (Phi) is 4.33. The Bertz CT molecular complexity index is 850. The van der Waals surface area contributed by atoms with E-state index in [0.717, 1.165) is 63.0 Å². The number of aromatic nitrogens is 3. The third kappa shape index (κ3) is 3.11. The van der Waals surface area contributed by atoms with Gasteiger partial charge in [0, 0.05) is 37.8 Å². The first-order valence-electron chi connectivity index (χ1n) is 9.70. The molecule has 2 aromatic rings. The van der Waals surface area contributed by atoms with E-state index in [1.807, 2.05) is 17.2 Å². The Morgan fingerprint density at radius 1 is 1.30 bits per heavy atom. The van der Waals surface area contributed by atoms with Gasteiger partial charge in [-0.3, -0.25) is 4.79 Å². The summed E-state index contributed by atoms with van der Waals surface area (Å²) in [7, 11) is 0. The van der Waals surface area contributed by atoms with Gasteiger partial charge in [0.05, 0.1) is 11.5 Å². The summed E-state index contributed by atoms with van der Waals surface area (Å²) in [5.41, 5.74) is 1.16. The van der Waals surface area contributed by atoms with E-state index in [0.29, 0.717) is 10.6 Å². The number of halogens is 1. The molecular formula is C19H24ClN5O2. The molecule has 5 rings (SSSR count). The van der Waals surface area contributed by atoms with Crippen molar-refractivity contribution in [1.82, 2.24) is 24.3 Å². The van der Waals surface area contributed by atoms with Gasteiger partial charge in [0.2, 0.25) is 6.41 Å². The van der Waals surface area contributed by atoms with Gasteiger partial charge < -0.3 is 19.1 Å². The van der Waals surface area contributed by atoms with E-state index in [9.17, 15) is 4.79 Å². The summed E-state index contributed by atoms with van der Waals surface area (Å²) in [6, 6.07) is 1.96. The minimum absolute atomic E-state index is 0.00600. The first-order chi connectivity index (χ1) is 13.2. The lowest BCUT2D eigenvalue weighted by atomic mass is 9.73. The zero-order valence-corrected chi connectivity index (χ0v) is 16.0. The van der Waals surface area contributed by atoms with Crippen LogP contribution in [0, 0.1) is 5.41 Å². The molecule has 3 saturated heterocycles. The molecule has 27 heavy (non-hydrogen) atoms. The molecule has 3 fully saturated rings. The van der Waals surface area contributed by atoms with Gasteiger partial charge in [0.1, 0.15) is 23.4 Å². The second kappa shape index (κ2) is 6.72. The predicted molar refractivity (Wildman–Crippen MR) is 101 cm³/mol. The van der Waals surface area contributed by atoms with Crippen molar-refractivity contribution in [2.24, 2.45) is 5.41 Å². The minimum Gasteiger partial charge on any atom is -0.353 e. The molecule has 2 atom stereocenters. The van der Waals surface area contributed by atoms with Crippen molar-refractivity contribution < 1.29 is 9.53 Å². The molecular weight excluding hydrogens is 366 g/mol. The number of ether oxygens (including phenoxy) is 1. The molecule has 0 N–H and O–H groups in total. The highest BCUT2D eigenvalue weighted by molar-refractivity contribution is 6.33. The SMILES string of the molecule is O=CN1CC2(CCCN(CC3CCC(n4ccc5c(Cl)ncnc54)O3)C2)C1. The number of carbonyl (C=O) groups excluding carboxylic acids is 1. The monoisotopic (exact) mass is 389 g/mol. The van der Waals surface area contributed by atoms with E-state index in [2.05, 4.69) is 19.4 Å². The zero-order valence-electron chi connectivity index (χ0n) is 15.3. The second-order valence-corrected chi connectivity index (χ2v) is 8.62. The number of hydrogen-bond donors (Lipinski definition) is 0. The van der Waals surface area contributed by atoms with E-state index >= 15 is 0 Å². The molecule has 0 aromatic carbocycles. The third-order valence-electron chi connectivity index (χ3n) is 6.28. The molecule has 3 aliphatic heterocycles. The van der Waals surface area contributed by atoms with Crippen molar-refractivity contribution in [3.05, 3.63) is 23.7 Å². The van der Waals surface area contributed by atoms with Gasteiger partial charge in [-0.2, -0.15) is 0 Å². The largest absolute Gasteiger partial charge is 0.353 e. The number of fused-ring (bicyclic) bond motifs is 1. The normalized spacial score (nSPS) is 28.0. The highest BCUT2D eigenvalue weighted by atomic mass is 35.5. The van der Waals surface area contributed by atoms with Crippen LogP contribution in [0.15, 0.2) is 18.6 Å². The number of nitrogens with zero attached hydrogens (tertiary/aromatic N) is 5. The van der Waals surface area contributed by atoms with Gasteiger partial charge in [-0.25, -0.2) is 9.97 Å². The maximum atomic E-state index is 10.9. The molecule has 0 radical (unpaired) electrons. The minimum atomic E-state index is 0.00600. The van der Waals surface area contributed by atoms with Crippen molar-refractivity contribution in [3.63, 3.8) is 0 Å². The Morgan fingerprint density at radius 3 is 3.04 bits per heavy atom. The Labute approximate surface area is 163 Å². The molecule has 0 bridgehead atoms. The van der Waals surface area contributed by atoms with Crippen LogP contribution in [0.25, 0.3) is 11.0 Å². The highest BCUT2D eigenvalue weighted by Crippen LogP contribution is 2.39. The number of carbonyl (C=O) groups is 1. The highest BCUT2D eigenvalue weighted by Gasteiger charge is 2.45. The van der Waals surface area contributed by atoms with Gasteiger partial charge in [-0.05, 0) is 38.3 Å². The molecule has 0 aliphatic carbocycles. The summed E-state index contributed by atoms with van der Waals surface area (Å²) in [6.07, 6.45) is 9.19. The maximum Gasteiger partial charge on any atom is 0.209 e. The standard InChI is InChI=1S/C19H24ClN5O2/c20-17-15-4-7-25(18(15)22-12-21-17)16-3-2-14(27-16)8-23-6-1-5-19(9-23)10-24(11-19)13-26/h4,7,12-14,16H,1-3,5-6,8-11H2. The van der Waals surface area contributed by atoms with Crippen LogP contribution in [-0.2, 0) is 9.53 Å². The molecule has 8 heteroatoms. The molecule has 7 nitrogen and oxygen atoms in total. The van der Waals surface area contributed by atoms with Gasteiger partial charge in [-0.1, -0.05) is 11.6 Å². The topological polar surface area (TPSA) is 63.5 Å². The molecule has 1 spiro atoms. The van der Waals surface area contributed by atoms with E-state index in [4.69, 9.17) is 16.3 Å². The molecule has 0 saturated carbocycles. The maximum absolute atomic E-state index is 10.9. The number of likely N-dealkylation sites (tertiary alicyclic amines) is 2. The van der Waals surface area contributed by atoms with Crippen LogP contribution in [0.2, 0.25) is 5.15 Å². The van der Waals surface area contributed by atoms with Crippen molar-refractivity contribution >= 4 is 29.0 Å². The lowest BCUT2D eigenvalue weighted by Crippen LogP contribution is -2.62. The summed E-state index contributed by atoms with van der Waals surface area (Å²) in [5.74, 6) is 0. The van der Waals surface area contributed by atoms with Gasteiger partial charge >= 0.3 is 0 Å². The fraction of sp³-hybridized carbons (Fsp3) is 0.632. The van der Waals surface area contributed by atoms with Crippen molar-refractivity contribution in [3.8, 4) is 0 Å². The van der Waals surface area contributed by atoms with Crippen LogP contribution < -0.4 is 0 Å². The van der Waals surface area contributed by atoms with E-state index in [-0.39, 0.29) is 12.3 Å². The average Bonchev–Trinajstić information content (AvgIpc) is 3.27.